The van der Waals surface area contributed by atoms with Crippen LogP contribution in [-0.2, 0) is 11.2 Å². The van der Waals surface area contributed by atoms with Crippen LogP contribution < -0.4 is 0 Å². The number of carbonyl (C=O) groups excluding carboxylic acids is 1. The third-order valence-corrected chi connectivity index (χ3v) is 5.69. The summed E-state index contributed by atoms with van der Waals surface area (Å²) in [6, 6.07) is 10.5. The van der Waals surface area contributed by atoms with Crippen LogP contribution >= 0.6 is 0 Å². The largest absolute Gasteiger partial charge is 0.368 e. The summed E-state index contributed by atoms with van der Waals surface area (Å²) in [5, 5.41) is 4.09. The highest BCUT2D eigenvalue weighted by molar-refractivity contribution is 5.96. The summed E-state index contributed by atoms with van der Waals surface area (Å²) in [6.45, 7) is 9.05. The molecule has 0 aliphatic carbocycles. The molecule has 0 bridgehead atoms. The molecule has 1 aliphatic rings. The summed E-state index contributed by atoms with van der Waals surface area (Å²) in [5.74, 6) is 0.303. The number of carbonyl (C=O) groups is 1. The lowest BCUT2D eigenvalue weighted by atomic mass is 10.0. The fourth-order valence-electron chi connectivity index (χ4n) is 4.09. The summed E-state index contributed by atoms with van der Waals surface area (Å²) in [5.41, 5.74) is 5.01. The van der Waals surface area contributed by atoms with Crippen molar-refractivity contribution in [3.8, 4) is 0 Å². The van der Waals surface area contributed by atoms with Crippen LogP contribution in [0.5, 0.6) is 0 Å². The van der Waals surface area contributed by atoms with E-state index in [1.165, 1.54) is 12.1 Å². The molecule has 1 unspecified atom stereocenters. The van der Waals surface area contributed by atoms with E-state index in [2.05, 4.69) is 10.1 Å². The highest BCUT2D eigenvalue weighted by atomic mass is 19.1. The highest BCUT2D eigenvalue weighted by Gasteiger charge is 2.31. The minimum Gasteiger partial charge on any atom is -0.368 e. The maximum absolute atomic E-state index is 13.3. The van der Waals surface area contributed by atoms with E-state index in [0.717, 1.165) is 22.5 Å². The van der Waals surface area contributed by atoms with Gasteiger partial charge in [-0.3, -0.25) is 9.78 Å². The normalized spacial score (nSPS) is 16.6. The number of rotatable bonds is 5. The van der Waals surface area contributed by atoms with Gasteiger partial charge in [0.2, 0.25) is 0 Å². The molecule has 4 rings (SSSR count). The van der Waals surface area contributed by atoms with Crippen molar-refractivity contribution < 1.29 is 18.4 Å². The lowest BCUT2D eigenvalue weighted by molar-refractivity contribution is -0.0249. The molecule has 168 valence electrons. The zero-order chi connectivity index (χ0) is 22.8. The molecule has 2 aromatic heterocycles. The molecule has 1 fully saturated rings. The lowest BCUT2D eigenvalue weighted by Gasteiger charge is -2.33. The van der Waals surface area contributed by atoms with Crippen molar-refractivity contribution in [2.75, 3.05) is 19.7 Å². The number of hydrogen-bond acceptors (Lipinski definition) is 5. The predicted molar refractivity (Wildman–Crippen MR) is 118 cm³/mol. The number of aryl methyl sites for hydroxylation is 2. The number of morpholine rings is 1. The molecule has 0 N–H and O–H groups in total. The first-order valence-corrected chi connectivity index (χ1v) is 10.9. The van der Waals surface area contributed by atoms with Gasteiger partial charge in [-0.1, -0.05) is 31.1 Å². The number of hydrogen-bond donors (Lipinski definition) is 0. The van der Waals surface area contributed by atoms with Crippen molar-refractivity contribution >= 4 is 5.91 Å². The Labute approximate surface area is 187 Å². The molecule has 7 heteroatoms. The number of ether oxygens (including phenoxy) is 1. The number of nitrogens with zero attached hydrogens (tertiary/aromatic N) is 3. The van der Waals surface area contributed by atoms with Crippen molar-refractivity contribution in [1.82, 2.24) is 15.0 Å². The molecule has 0 spiro atoms. The molecule has 6 nitrogen and oxygen atoms in total. The summed E-state index contributed by atoms with van der Waals surface area (Å²) in [7, 11) is 0. The zero-order valence-electron chi connectivity index (χ0n) is 18.9. The number of aromatic nitrogens is 2. The third kappa shape index (κ3) is 4.72. The monoisotopic (exact) mass is 437 g/mol. The maximum Gasteiger partial charge on any atom is 0.259 e. The van der Waals surface area contributed by atoms with E-state index < -0.39 is 0 Å². The van der Waals surface area contributed by atoms with Crippen LogP contribution in [0.1, 0.15) is 70.2 Å². The molecule has 1 saturated heterocycles. The van der Waals surface area contributed by atoms with Crippen LogP contribution in [0.2, 0.25) is 0 Å². The van der Waals surface area contributed by atoms with Crippen LogP contribution in [0.4, 0.5) is 4.39 Å². The topological polar surface area (TPSA) is 68.5 Å². The molecular formula is C25H28FN3O3. The Kier molecular flexibility index (Phi) is 6.37. The molecular weight excluding hydrogens is 409 g/mol. The van der Waals surface area contributed by atoms with Gasteiger partial charge >= 0.3 is 0 Å². The van der Waals surface area contributed by atoms with Crippen LogP contribution in [0.15, 0.2) is 40.9 Å². The van der Waals surface area contributed by atoms with Crippen LogP contribution in [-0.4, -0.2) is 40.6 Å². The van der Waals surface area contributed by atoms with Gasteiger partial charge in [0.1, 0.15) is 23.2 Å². The smallest absolute Gasteiger partial charge is 0.259 e. The van der Waals surface area contributed by atoms with Crippen LogP contribution in [0, 0.1) is 19.7 Å². The van der Waals surface area contributed by atoms with Crippen molar-refractivity contribution in [1.29, 1.82) is 0 Å². The Morgan fingerprint density at radius 3 is 2.66 bits per heavy atom. The molecule has 1 aromatic carbocycles. The summed E-state index contributed by atoms with van der Waals surface area (Å²) >= 11 is 0. The minimum absolute atomic E-state index is 0.0834. The second-order valence-electron chi connectivity index (χ2n) is 8.61. The van der Waals surface area contributed by atoms with E-state index in [1.807, 2.05) is 32.9 Å². The maximum atomic E-state index is 13.3. The van der Waals surface area contributed by atoms with E-state index in [1.54, 1.807) is 24.0 Å². The van der Waals surface area contributed by atoms with Gasteiger partial charge in [0, 0.05) is 12.2 Å². The third-order valence-electron chi connectivity index (χ3n) is 5.69. The van der Waals surface area contributed by atoms with Gasteiger partial charge < -0.3 is 14.2 Å². The highest BCUT2D eigenvalue weighted by Crippen LogP contribution is 2.27. The SMILES string of the molecule is Cc1cc(Cc2ccc(F)cc2)cc(C2CN(C(=O)c3c(C(C)C)noc3C)CCO2)n1. The van der Waals surface area contributed by atoms with Crippen molar-refractivity contribution in [3.05, 3.63) is 81.7 Å². The van der Waals surface area contributed by atoms with Gasteiger partial charge in [-0.15, -0.1) is 0 Å². The van der Waals surface area contributed by atoms with Crippen molar-refractivity contribution in [2.45, 2.75) is 46.1 Å². The Morgan fingerprint density at radius 1 is 1.19 bits per heavy atom. The number of amides is 1. The van der Waals surface area contributed by atoms with Gasteiger partial charge in [0.15, 0.2) is 0 Å². The molecule has 0 radical (unpaired) electrons. The van der Waals surface area contributed by atoms with E-state index in [-0.39, 0.29) is 23.7 Å². The second-order valence-corrected chi connectivity index (χ2v) is 8.61. The quantitative estimate of drug-likeness (QED) is 0.576. The molecule has 3 aromatic rings. The average Bonchev–Trinajstić information content (AvgIpc) is 3.16. The Balaban J connectivity index is 1.54. The Hall–Kier alpha value is -3.06. The molecule has 0 saturated carbocycles. The summed E-state index contributed by atoms with van der Waals surface area (Å²) in [4.78, 5) is 19.8. The average molecular weight is 438 g/mol. The van der Waals surface area contributed by atoms with E-state index in [9.17, 15) is 9.18 Å². The number of halogens is 1. The first-order valence-electron chi connectivity index (χ1n) is 10.9. The molecule has 1 atom stereocenters. The van der Waals surface area contributed by atoms with Gasteiger partial charge in [-0.2, -0.15) is 0 Å². The van der Waals surface area contributed by atoms with E-state index in [0.29, 0.717) is 43.1 Å². The lowest BCUT2D eigenvalue weighted by Crippen LogP contribution is -2.43. The van der Waals surface area contributed by atoms with Gasteiger partial charge in [-0.05, 0) is 61.6 Å². The van der Waals surface area contributed by atoms with Crippen molar-refractivity contribution in [2.24, 2.45) is 0 Å². The summed E-state index contributed by atoms with van der Waals surface area (Å²) in [6.07, 6.45) is 0.353. The Morgan fingerprint density at radius 2 is 1.94 bits per heavy atom. The van der Waals surface area contributed by atoms with E-state index >= 15 is 0 Å². The predicted octanol–water partition coefficient (Wildman–Crippen LogP) is 4.75. The van der Waals surface area contributed by atoms with Crippen molar-refractivity contribution in [3.63, 3.8) is 0 Å². The van der Waals surface area contributed by atoms with Crippen LogP contribution in [0.3, 0.4) is 0 Å². The first-order chi connectivity index (χ1) is 15.3. The number of pyridine rings is 1. The van der Waals surface area contributed by atoms with Gasteiger partial charge in [-0.25, -0.2) is 4.39 Å². The number of benzene rings is 1. The summed E-state index contributed by atoms with van der Waals surface area (Å²) < 4.78 is 24.5. The fourth-order valence-corrected chi connectivity index (χ4v) is 4.09. The fraction of sp³-hybridized carbons (Fsp3) is 0.400. The first kappa shape index (κ1) is 22.1. The van der Waals surface area contributed by atoms with Gasteiger partial charge in [0.05, 0.1) is 24.5 Å². The molecule has 1 aliphatic heterocycles. The second kappa shape index (κ2) is 9.20. The van der Waals surface area contributed by atoms with E-state index in [4.69, 9.17) is 9.26 Å². The van der Waals surface area contributed by atoms with Gasteiger partial charge in [0.25, 0.3) is 5.91 Å². The Bertz CT molecular complexity index is 1110. The minimum atomic E-state index is -0.317. The molecule has 3 heterocycles. The van der Waals surface area contributed by atoms with Crippen LogP contribution in [0.25, 0.3) is 0 Å². The molecule has 32 heavy (non-hydrogen) atoms. The zero-order valence-corrected chi connectivity index (χ0v) is 18.9. The molecule has 1 amide bonds. The standard InChI is InChI=1S/C25H28FN3O3/c1-15(2)24-23(17(4)32-28-24)25(30)29-9-10-31-22(14-29)21-13-19(11-16(3)27-21)12-18-5-7-20(26)8-6-18/h5-8,11,13,15,22H,9-10,12,14H2,1-4H3.